The molecule has 1 saturated heterocycles. The molecular formula is C13H17N3O3. The van der Waals surface area contributed by atoms with Gasteiger partial charge in [-0.05, 0) is 38.1 Å². The Morgan fingerprint density at radius 3 is 2.95 bits per heavy atom. The maximum absolute atomic E-state index is 11.0. The van der Waals surface area contributed by atoms with Gasteiger partial charge in [0.25, 0.3) is 5.69 Å². The quantitative estimate of drug-likeness (QED) is 0.498. The van der Waals surface area contributed by atoms with Crippen molar-refractivity contribution in [3.63, 3.8) is 0 Å². The zero-order valence-corrected chi connectivity index (χ0v) is 10.8. The summed E-state index contributed by atoms with van der Waals surface area (Å²) >= 11 is 0. The van der Waals surface area contributed by atoms with Crippen molar-refractivity contribution in [3.8, 4) is 0 Å². The van der Waals surface area contributed by atoms with Gasteiger partial charge in [-0.25, -0.2) is 0 Å². The van der Waals surface area contributed by atoms with Crippen LogP contribution in [-0.4, -0.2) is 42.8 Å². The highest BCUT2D eigenvalue weighted by Gasteiger charge is 2.21. The number of carbonyl (C=O) groups is 1. The number of likely N-dealkylation sites (tertiary alicyclic amines) is 1. The van der Waals surface area contributed by atoms with Crippen LogP contribution in [0.5, 0.6) is 0 Å². The number of hydrogen-bond donors (Lipinski definition) is 1. The van der Waals surface area contributed by atoms with Gasteiger partial charge in [0.2, 0.25) is 0 Å². The maximum atomic E-state index is 11.0. The van der Waals surface area contributed by atoms with E-state index in [1.807, 2.05) is 0 Å². The van der Waals surface area contributed by atoms with Crippen LogP contribution >= 0.6 is 0 Å². The van der Waals surface area contributed by atoms with Crippen LogP contribution in [-0.2, 0) is 0 Å². The first-order valence-corrected chi connectivity index (χ1v) is 6.26. The number of nitrogens with one attached hydrogen (secondary N) is 1. The fourth-order valence-corrected chi connectivity index (χ4v) is 2.37. The second kappa shape index (κ2) is 5.79. The van der Waals surface area contributed by atoms with Gasteiger partial charge in [0.15, 0.2) is 0 Å². The standard InChI is InChI=1S/C13H17N3O3/c1-15-5-4-11(8-15)7-14-12-3-2-10(9-17)6-13(12)16(18)19/h2-3,6,9,11,14H,4-5,7-8H2,1H3. The van der Waals surface area contributed by atoms with Crippen LogP contribution in [0.2, 0.25) is 0 Å². The molecule has 1 N–H and O–H groups in total. The number of carbonyl (C=O) groups excluding carboxylic acids is 1. The summed E-state index contributed by atoms with van der Waals surface area (Å²) < 4.78 is 0. The minimum Gasteiger partial charge on any atom is -0.379 e. The average Bonchev–Trinajstić information content (AvgIpc) is 2.82. The second-order valence-electron chi connectivity index (χ2n) is 4.95. The Morgan fingerprint density at radius 1 is 1.58 bits per heavy atom. The van der Waals surface area contributed by atoms with Gasteiger partial charge in [-0.2, -0.15) is 0 Å². The molecule has 0 amide bonds. The summed E-state index contributed by atoms with van der Waals surface area (Å²) in [5.74, 6) is 0.510. The molecule has 6 nitrogen and oxygen atoms in total. The Balaban J connectivity index is 2.06. The highest BCUT2D eigenvalue weighted by Crippen LogP contribution is 2.26. The van der Waals surface area contributed by atoms with E-state index in [4.69, 9.17) is 0 Å². The van der Waals surface area contributed by atoms with E-state index in [0.29, 0.717) is 30.0 Å². The van der Waals surface area contributed by atoms with E-state index in [-0.39, 0.29) is 5.69 Å². The zero-order valence-electron chi connectivity index (χ0n) is 10.8. The third kappa shape index (κ3) is 3.29. The van der Waals surface area contributed by atoms with Gasteiger partial charge in [-0.3, -0.25) is 14.9 Å². The topological polar surface area (TPSA) is 75.5 Å². The van der Waals surface area contributed by atoms with Crippen molar-refractivity contribution >= 4 is 17.7 Å². The van der Waals surface area contributed by atoms with Gasteiger partial charge in [0.05, 0.1) is 4.92 Å². The summed E-state index contributed by atoms with van der Waals surface area (Å²) in [6.07, 6.45) is 1.71. The van der Waals surface area contributed by atoms with Crippen molar-refractivity contribution in [2.45, 2.75) is 6.42 Å². The molecule has 1 aliphatic rings. The normalized spacial score (nSPS) is 19.3. The summed E-state index contributed by atoms with van der Waals surface area (Å²) in [7, 11) is 2.07. The van der Waals surface area contributed by atoms with Gasteiger partial charge in [-0.1, -0.05) is 0 Å². The Bertz CT molecular complexity index is 490. The maximum Gasteiger partial charge on any atom is 0.293 e. The van der Waals surface area contributed by atoms with E-state index < -0.39 is 4.92 Å². The molecule has 1 aliphatic heterocycles. The van der Waals surface area contributed by atoms with Gasteiger partial charge >= 0.3 is 0 Å². The van der Waals surface area contributed by atoms with Crippen molar-refractivity contribution in [1.82, 2.24) is 4.90 Å². The SMILES string of the molecule is CN1CCC(CNc2ccc(C=O)cc2[N+](=O)[O-])C1. The van der Waals surface area contributed by atoms with Crippen LogP contribution in [0.3, 0.4) is 0 Å². The van der Waals surface area contributed by atoms with E-state index in [1.165, 1.54) is 6.07 Å². The molecule has 1 unspecified atom stereocenters. The molecule has 0 bridgehead atoms. The second-order valence-corrected chi connectivity index (χ2v) is 4.95. The Morgan fingerprint density at radius 2 is 2.37 bits per heavy atom. The van der Waals surface area contributed by atoms with Crippen LogP contribution in [0.1, 0.15) is 16.8 Å². The number of nitro benzene ring substituents is 1. The zero-order chi connectivity index (χ0) is 13.8. The van der Waals surface area contributed by atoms with Crippen LogP contribution < -0.4 is 5.32 Å². The summed E-state index contributed by atoms with van der Waals surface area (Å²) in [6.45, 7) is 2.79. The van der Waals surface area contributed by atoms with E-state index in [9.17, 15) is 14.9 Å². The molecule has 0 spiro atoms. The van der Waals surface area contributed by atoms with E-state index in [1.54, 1.807) is 12.1 Å². The fraction of sp³-hybridized carbons (Fsp3) is 0.462. The van der Waals surface area contributed by atoms with Gasteiger partial charge in [0, 0.05) is 24.7 Å². The molecule has 1 aromatic rings. The van der Waals surface area contributed by atoms with Crippen LogP contribution in [0.15, 0.2) is 18.2 Å². The molecular weight excluding hydrogens is 246 g/mol. The van der Waals surface area contributed by atoms with Crippen LogP contribution in [0.25, 0.3) is 0 Å². The van der Waals surface area contributed by atoms with Gasteiger partial charge in [0.1, 0.15) is 12.0 Å². The van der Waals surface area contributed by atoms with Crippen molar-refractivity contribution in [3.05, 3.63) is 33.9 Å². The van der Waals surface area contributed by atoms with E-state index >= 15 is 0 Å². The molecule has 1 atom stereocenters. The molecule has 1 fully saturated rings. The lowest BCUT2D eigenvalue weighted by atomic mass is 10.1. The van der Waals surface area contributed by atoms with E-state index in [0.717, 1.165) is 19.5 Å². The molecule has 19 heavy (non-hydrogen) atoms. The number of anilines is 1. The lowest BCUT2D eigenvalue weighted by Crippen LogP contribution is -2.19. The van der Waals surface area contributed by atoms with Crippen molar-refractivity contribution in [2.24, 2.45) is 5.92 Å². The number of nitrogens with zero attached hydrogens (tertiary/aromatic N) is 2. The molecule has 0 radical (unpaired) electrons. The molecule has 102 valence electrons. The highest BCUT2D eigenvalue weighted by molar-refractivity contribution is 5.79. The summed E-state index contributed by atoms with van der Waals surface area (Å²) in [5.41, 5.74) is 0.749. The fourth-order valence-electron chi connectivity index (χ4n) is 2.37. The molecule has 1 aromatic carbocycles. The average molecular weight is 263 g/mol. The number of hydrogen-bond acceptors (Lipinski definition) is 5. The largest absolute Gasteiger partial charge is 0.379 e. The molecule has 0 saturated carbocycles. The summed E-state index contributed by atoms with van der Waals surface area (Å²) in [6, 6.07) is 4.49. The first-order chi connectivity index (χ1) is 9.10. The summed E-state index contributed by atoms with van der Waals surface area (Å²) in [5, 5.41) is 14.1. The molecule has 1 heterocycles. The van der Waals surface area contributed by atoms with Crippen molar-refractivity contribution in [2.75, 3.05) is 32.0 Å². The smallest absolute Gasteiger partial charge is 0.293 e. The molecule has 0 aromatic heterocycles. The number of rotatable bonds is 5. The predicted molar refractivity (Wildman–Crippen MR) is 72.6 cm³/mol. The van der Waals surface area contributed by atoms with Gasteiger partial charge < -0.3 is 10.2 Å². The third-order valence-corrected chi connectivity index (χ3v) is 3.42. The Labute approximate surface area is 111 Å². The first kappa shape index (κ1) is 13.5. The van der Waals surface area contributed by atoms with Gasteiger partial charge in [-0.15, -0.1) is 0 Å². The number of nitro groups is 1. The molecule has 2 rings (SSSR count). The number of aldehydes is 1. The predicted octanol–water partition coefficient (Wildman–Crippen LogP) is 1.77. The Kier molecular flexibility index (Phi) is 4.11. The lowest BCUT2D eigenvalue weighted by molar-refractivity contribution is -0.384. The molecule has 0 aliphatic carbocycles. The lowest BCUT2D eigenvalue weighted by Gasteiger charge is -2.13. The minimum atomic E-state index is -0.462. The monoisotopic (exact) mass is 263 g/mol. The Hall–Kier alpha value is -1.95. The minimum absolute atomic E-state index is 0.0454. The van der Waals surface area contributed by atoms with Crippen molar-refractivity contribution < 1.29 is 9.72 Å². The highest BCUT2D eigenvalue weighted by atomic mass is 16.6. The first-order valence-electron chi connectivity index (χ1n) is 6.26. The van der Waals surface area contributed by atoms with Crippen LogP contribution in [0.4, 0.5) is 11.4 Å². The molecule has 6 heteroatoms. The number of benzene rings is 1. The van der Waals surface area contributed by atoms with Crippen molar-refractivity contribution in [1.29, 1.82) is 0 Å². The third-order valence-electron chi connectivity index (χ3n) is 3.42. The summed E-state index contributed by atoms with van der Waals surface area (Å²) in [4.78, 5) is 23.4. The van der Waals surface area contributed by atoms with E-state index in [2.05, 4.69) is 17.3 Å². The van der Waals surface area contributed by atoms with Crippen LogP contribution in [0, 0.1) is 16.0 Å².